The minimum absolute atomic E-state index is 0.124. The predicted molar refractivity (Wildman–Crippen MR) is 147 cm³/mol. The molecule has 0 N–H and O–H groups in total. The molecule has 1 aliphatic rings. The van der Waals surface area contributed by atoms with E-state index in [9.17, 15) is 14.4 Å². The molecule has 5 atom stereocenters. The summed E-state index contributed by atoms with van der Waals surface area (Å²) in [5.74, 6) is -1.95. The molecule has 9 heteroatoms. The second kappa shape index (κ2) is 13.5. The van der Waals surface area contributed by atoms with Gasteiger partial charge in [-0.2, -0.15) is 0 Å². The Kier molecular flexibility index (Phi) is 9.88. The summed E-state index contributed by atoms with van der Waals surface area (Å²) in [4.78, 5) is 36.3. The van der Waals surface area contributed by atoms with E-state index in [4.69, 9.17) is 28.4 Å². The number of carbonyl (C=O) groups excluding carboxylic acids is 3. The van der Waals surface area contributed by atoms with Crippen LogP contribution in [0.15, 0.2) is 91.0 Å². The zero-order valence-electron chi connectivity index (χ0n) is 23.4. The van der Waals surface area contributed by atoms with Crippen LogP contribution in [0.5, 0.6) is 0 Å². The van der Waals surface area contributed by atoms with Gasteiger partial charge in [0.2, 0.25) is 0 Å². The number of hydrogen-bond donors (Lipinski definition) is 0. The quantitative estimate of drug-likeness (QED) is 0.205. The smallest absolute Gasteiger partial charge is 0.303 e. The summed E-state index contributed by atoms with van der Waals surface area (Å²) in [6, 6.07) is 29.2. The van der Waals surface area contributed by atoms with E-state index in [2.05, 4.69) is 0 Å². The fraction of sp³-hybridized carbons (Fsp3) is 0.344. The monoisotopic (exact) mass is 562 g/mol. The van der Waals surface area contributed by atoms with E-state index >= 15 is 0 Å². The van der Waals surface area contributed by atoms with Crippen molar-refractivity contribution in [1.29, 1.82) is 0 Å². The van der Waals surface area contributed by atoms with Crippen molar-refractivity contribution in [2.45, 2.75) is 57.1 Å². The molecule has 9 nitrogen and oxygen atoms in total. The van der Waals surface area contributed by atoms with Gasteiger partial charge < -0.3 is 28.4 Å². The molecule has 0 radical (unpaired) electrons. The van der Waals surface area contributed by atoms with Gasteiger partial charge >= 0.3 is 17.9 Å². The lowest BCUT2D eigenvalue weighted by atomic mass is 9.80. The average Bonchev–Trinajstić information content (AvgIpc) is 2.97. The summed E-state index contributed by atoms with van der Waals surface area (Å²) in [6.45, 7) is 3.53. The Bertz CT molecular complexity index is 1200. The van der Waals surface area contributed by atoms with Gasteiger partial charge in [0.25, 0.3) is 0 Å². The summed E-state index contributed by atoms with van der Waals surface area (Å²) in [6.07, 6.45) is -5.69. The van der Waals surface area contributed by atoms with Crippen LogP contribution in [0.2, 0.25) is 0 Å². The first-order valence-corrected chi connectivity index (χ1v) is 13.3. The van der Waals surface area contributed by atoms with Gasteiger partial charge in [-0.3, -0.25) is 14.4 Å². The molecule has 0 aromatic heterocycles. The number of hydrogen-bond acceptors (Lipinski definition) is 9. The maximum absolute atomic E-state index is 12.2. The normalized spacial score (nSPS) is 22.4. The summed E-state index contributed by atoms with van der Waals surface area (Å²) >= 11 is 0. The van der Waals surface area contributed by atoms with Gasteiger partial charge in [-0.25, -0.2) is 0 Å². The molecule has 41 heavy (non-hydrogen) atoms. The van der Waals surface area contributed by atoms with E-state index in [1.165, 1.54) is 27.9 Å². The van der Waals surface area contributed by atoms with Crippen molar-refractivity contribution < 1.29 is 42.8 Å². The molecule has 0 spiro atoms. The van der Waals surface area contributed by atoms with Gasteiger partial charge in [-0.15, -0.1) is 0 Å². The van der Waals surface area contributed by atoms with E-state index in [0.717, 1.165) is 16.7 Å². The van der Waals surface area contributed by atoms with Gasteiger partial charge in [0.15, 0.2) is 24.6 Å². The minimum atomic E-state index is -1.22. The van der Waals surface area contributed by atoms with Gasteiger partial charge in [0.05, 0.1) is 6.61 Å². The van der Waals surface area contributed by atoms with Crippen molar-refractivity contribution in [3.63, 3.8) is 0 Å². The Labute approximate surface area is 239 Å². The first-order chi connectivity index (χ1) is 19.8. The zero-order valence-corrected chi connectivity index (χ0v) is 23.4. The van der Waals surface area contributed by atoms with E-state index in [1.807, 2.05) is 91.0 Å². The first kappa shape index (κ1) is 29.9. The van der Waals surface area contributed by atoms with Crippen molar-refractivity contribution in [3.05, 3.63) is 108 Å². The van der Waals surface area contributed by atoms with Crippen molar-refractivity contribution in [2.24, 2.45) is 0 Å². The molecule has 216 valence electrons. The van der Waals surface area contributed by atoms with Crippen LogP contribution in [0.1, 0.15) is 37.5 Å². The second-order valence-corrected chi connectivity index (χ2v) is 9.59. The van der Waals surface area contributed by atoms with E-state index < -0.39 is 54.2 Å². The molecule has 3 aromatic carbocycles. The summed E-state index contributed by atoms with van der Waals surface area (Å²) in [5, 5.41) is 0. The molecule has 0 unspecified atom stereocenters. The molecule has 0 amide bonds. The van der Waals surface area contributed by atoms with Gasteiger partial charge in [0.1, 0.15) is 11.7 Å². The van der Waals surface area contributed by atoms with Crippen molar-refractivity contribution in [1.82, 2.24) is 0 Å². The molecule has 4 rings (SSSR count). The number of ether oxygens (including phenoxy) is 6. The Balaban J connectivity index is 1.80. The molecule has 1 heterocycles. The highest BCUT2D eigenvalue weighted by atomic mass is 16.7. The third-order valence-electron chi connectivity index (χ3n) is 6.73. The third kappa shape index (κ3) is 6.82. The summed E-state index contributed by atoms with van der Waals surface area (Å²) < 4.78 is 35.2. The van der Waals surface area contributed by atoms with Crippen molar-refractivity contribution in [2.75, 3.05) is 13.7 Å². The Morgan fingerprint density at radius 3 is 1.41 bits per heavy atom. The Hall–Kier alpha value is -4.05. The zero-order chi connectivity index (χ0) is 29.4. The molecule has 1 aliphatic heterocycles. The van der Waals surface area contributed by atoms with Crippen LogP contribution >= 0.6 is 0 Å². The predicted octanol–water partition coefficient (Wildman–Crippen LogP) is 4.16. The lowest BCUT2D eigenvalue weighted by molar-refractivity contribution is -0.306. The molecule has 1 fully saturated rings. The molecule has 0 bridgehead atoms. The van der Waals surface area contributed by atoms with Crippen LogP contribution < -0.4 is 0 Å². The molecule has 1 saturated heterocycles. The maximum atomic E-state index is 12.2. The molecule has 0 aliphatic carbocycles. The molecule has 3 aromatic rings. The fourth-order valence-corrected chi connectivity index (χ4v) is 5.15. The summed E-state index contributed by atoms with van der Waals surface area (Å²) in [7, 11) is 1.37. The highest BCUT2D eigenvalue weighted by Crippen LogP contribution is 2.41. The van der Waals surface area contributed by atoms with Crippen molar-refractivity contribution in [3.8, 4) is 0 Å². The maximum Gasteiger partial charge on any atom is 0.303 e. The topological polar surface area (TPSA) is 107 Å². The number of carbonyl (C=O) groups is 3. The SMILES string of the molecule is CO[C@H]1O[C@H](COC(c2ccccc2)(c2ccccc2)c2ccccc2)[C@H](OC(C)=O)[C@@H](OC(C)=O)[C@@H]1OC(C)=O. The minimum Gasteiger partial charge on any atom is -0.456 e. The average molecular weight is 563 g/mol. The molecular weight excluding hydrogens is 528 g/mol. The van der Waals surface area contributed by atoms with Gasteiger partial charge in [0, 0.05) is 27.9 Å². The van der Waals surface area contributed by atoms with E-state index in [0.29, 0.717) is 0 Å². The standard InChI is InChI=1S/C32H34O9/c1-21(33)38-28-27(41-31(36-4)30(40-23(3)35)29(28)39-22(2)34)20-37-32(24-14-8-5-9-15-24,25-16-10-6-11-17-25)26-18-12-7-13-19-26/h5-19,27-31H,20H2,1-4H3/t27-,28+,29-,30+,31+/m1/s1. The lowest BCUT2D eigenvalue weighted by Crippen LogP contribution is -2.63. The third-order valence-corrected chi connectivity index (χ3v) is 6.73. The largest absolute Gasteiger partial charge is 0.456 e. The van der Waals surface area contributed by atoms with E-state index in [1.54, 1.807) is 0 Å². The first-order valence-electron chi connectivity index (χ1n) is 13.3. The van der Waals surface area contributed by atoms with Crippen LogP contribution in [0, 0.1) is 0 Å². The molecular formula is C32H34O9. The van der Waals surface area contributed by atoms with Crippen LogP contribution in [0.3, 0.4) is 0 Å². The number of methoxy groups -OCH3 is 1. The van der Waals surface area contributed by atoms with Crippen LogP contribution in [-0.4, -0.2) is 62.3 Å². The van der Waals surface area contributed by atoms with Crippen LogP contribution in [-0.2, 0) is 48.4 Å². The number of benzene rings is 3. The van der Waals surface area contributed by atoms with Crippen molar-refractivity contribution >= 4 is 17.9 Å². The lowest BCUT2D eigenvalue weighted by Gasteiger charge is -2.45. The second-order valence-electron chi connectivity index (χ2n) is 9.59. The van der Waals surface area contributed by atoms with Gasteiger partial charge in [-0.1, -0.05) is 91.0 Å². The van der Waals surface area contributed by atoms with Crippen LogP contribution in [0.25, 0.3) is 0 Å². The van der Waals surface area contributed by atoms with Crippen LogP contribution in [0.4, 0.5) is 0 Å². The summed E-state index contributed by atoms with van der Waals surface area (Å²) in [5.41, 5.74) is 1.47. The highest BCUT2D eigenvalue weighted by Gasteiger charge is 2.53. The number of esters is 3. The highest BCUT2D eigenvalue weighted by molar-refractivity contribution is 5.68. The van der Waals surface area contributed by atoms with Gasteiger partial charge in [-0.05, 0) is 16.7 Å². The molecule has 0 saturated carbocycles. The Morgan fingerprint density at radius 2 is 1.02 bits per heavy atom. The fourth-order valence-electron chi connectivity index (χ4n) is 5.15. The van der Waals surface area contributed by atoms with E-state index in [-0.39, 0.29) is 6.61 Å². The number of rotatable bonds is 10. The Morgan fingerprint density at radius 1 is 0.634 bits per heavy atom.